The maximum Gasteiger partial charge on any atom is 0.341 e. The number of ether oxygens (including phenoxy) is 5. The molecule has 0 spiro atoms. The zero-order chi connectivity index (χ0) is 31.4. The van der Waals surface area contributed by atoms with Crippen LogP contribution in [-0.2, 0) is 14.3 Å². The molecule has 11 nitrogen and oxygen atoms in total. The van der Waals surface area contributed by atoms with Crippen LogP contribution in [-0.4, -0.2) is 55.1 Å². The van der Waals surface area contributed by atoms with E-state index in [1.54, 1.807) is 50.3 Å². The number of allylic oxidation sites excluding steroid dienone is 1. The molecule has 1 aliphatic rings. The van der Waals surface area contributed by atoms with Crippen molar-refractivity contribution in [1.29, 1.82) is 0 Å². The van der Waals surface area contributed by atoms with Gasteiger partial charge in [0.1, 0.15) is 0 Å². The minimum Gasteiger partial charge on any atom is -0.493 e. The van der Waals surface area contributed by atoms with Crippen LogP contribution in [0.15, 0.2) is 51.4 Å². The maximum atomic E-state index is 14.0. The molecule has 3 aromatic rings. The zero-order valence-electron chi connectivity index (χ0n) is 24.4. The van der Waals surface area contributed by atoms with Gasteiger partial charge in [0.25, 0.3) is 5.56 Å². The number of carboxylic acids is 1. The SMILES string of the molecule is CCOC(=O)C1=C(C)N=c2s/c(=C\c3cc(I)c(OCC(=O)O)c(OC)c3)c(=O)n2[C@@H]1c1ccc(OC(C)C)c(OC)c1. The third-order valence-corrected chi connectivity index (χ3v) is 8.06. The van der Waals surface area contributed by atoms with E-state index < -0.39 is 24.6 Å². The van der Waals surface area contributed by atoms with E-state index in [1.807, 2.05) is 36.4 Å². The van der Waals surface area contributed by atoms with Gasteiger partial charge in [-0.25, -0.2) is 14.6 Å². The van der Waals surface area contributed by atoms with Crippen molar-refractivity contribution in [3.8, 4) is 23.0 Å². The van der Waals surface area contributed by atoms with Crippen LogP contribution < -0.4 is 33.8 Å². The summed E-state index contributed by atoms with van der Waals surface area (Å²) in [6.45, 7) is 6.87. The molecule has 228 valence electrons. The molecule has 0 aliphatic carbocycles. The fraction of sp³-hybridized carbons (Fsp3) is 0.333. The lowest BCUT2D eigenvalue weighted by Crippen LogP contribution is -2.40. The van der Waals surface area contributed by atoms with E-state index in [0.717, 1.165) is 0 Å². The first-order valence-electron chi connectivity index (χ1n) is 13.2. The first-order valence-corrected chi connectivity index (χ1v) is 15.1. The van der Waals surface area contributed by atoms with Crippen molar-refractivity contribution in [1.82, 2.24) is 4.57 Å². The smallest absolute Gasteiger partial charge is 0.341 e. The van der Waals surface area contributed by atoms with Gasteiger partial charge >= 0.3 is 11.9 Å². The second kappa shape index (κ2) is 13.6. The number of carbonyl (C=O) groups excluding carboxylic acids is 1. The number of hydrogen-bond acceptors (Lipinski definition) is 10. The Morgan fingerprint density at radius 1 is 1.14 bits per heavy atom. The number of thiazole rings is 1. The van der Waals surface area contributed by atoms with Crippen molar-refractivity contribution >= 4 is 51.9 Å². The van der Waals surface area contributed by atoms with Crippen LogP contribution in [0.5, 0.6) is 23.0 Å². The fourth-order valence-electron chi connectivity index (χ4n) is 4.56. The van der Waals surface area contributed by atoms with Gasteiger partial charge < -0.3 is 28.8 Å². The van der Waals surface area contributed by atoms with Crippen molar-refractivity contribution in [2.24, 2.45) is 4.99 Å². The lowest BCUT2D eigenvalue weighted by atomic mass is 9.95. The van der Waals surface area contributed by atoms with E-state index in [9.17, 15) is 14.4 Å². The van der Waals surface area contributed by atoms with E-state index in [-0.39, 0.29) is 29.6 Å². The number of hydrogen-bond donors (Lipinski definition) is 1. The van der Waals surface area contributed by atoms with Crippen molar-refractivity contribution in [3.05, 3.63) is 76.0 Å². The Morgan fingerprint density at radius 3 is 2.49 bits per heavy atom. The van der Waals surface area contributed by atoms with E-state index >= 15 is 0 Å². The first kappa shape index (κ1) is 32.1. The molecule has 0 radical (unpaired) electrons. The van der Waals surface area contributed by atoms with E-state index in [4.69, 9.17) is 28.8 Å². The van der Waals surface area contributed by atoms with Gasteiger partial charge in [0.05, 0.1) is 52.3 Å². The maximum absolute atomic E-state index is 14.0. The highest BCUT2D eigenvalue weighted by molar-refractivity contribution is 14.1. The number of methoxy groups -OCH3 is 2. The molecule has 13 heteroatoms. The third kappa shape index (κ3) is 6.88. The summed E-state index contributed by atoms with van der Waals surface area (Å²) in [6, 6.07) is 7.88. The number of carboxylic acid groups (broad SMARTS) is 1. The third-order valence-electron chi connectivity index (χ3n) is 6.27. The van der Waals surface area contributed by atoms with E-state index in [2.05, 4.69) is 4.99 Å². The number of halogens is 1. The molecular formula is C30H31IN2O9S. The van der Waals surface area contributed by atoms with Crippen LogP contribution in [0.1, 0.15) is 44.9 Å². The highest BCUT2D eigenvalue weighted by Gasteiger charge is 2.34. The Balaban J connectivity index is 1.90. The molecule has 2 aromatic carbocycles. The summed E-state index contributed by atoms with van der Waals surface area (Å²) in [5.41, 5.74) is 1.58. The summed E-state index contributed by atoms with van der Waals surface area (Å²) in [5, 5.41) is 9.01. The summed E-state index contributed by atoms with van der Waals surface area (Å²) in [4.78, 5) is 43.3. The van der Waals surface area contributed by atoms with Crippen LogP contribution in [0.2, 0.25) is 0 Å². The highest BCUT2D eigenvalue weighted by Crippen LogP contribution is 2.37. The summed E-state index contributed by atoms with van der Waals surface area (Å²) in [7, 11) is 2.97. The molecular weight excluding hydrogens is 691 g/mol. The summed E-state index contributed by atoms with van der Waals surface area (Å²) < 4.78 is 30.1. The molecule has 0 saturated carbocycles. The number of carbonyl (C=O) groups is 2. The molecule has 43 heavy (non-hydrogen) atoms. The van der Waals surface area contributed by atoms with Crippen molar-refractivity contribution in [2.75, 3.05) is 27.4 Å². The second-order valence-electron chi connectivity index (χ2n) is 9.60. The summed E-state index contributed by atoms with van der Waals surface area (Å²) >= 11 is 3.20. The van der Waals surface area contributed by atoms with Crippen molar-refractivity contribution in [2.45, 2.75) is 39.8 Å². The monoisotopic (exact) mass is 722 g/mol. The molecule has 0 fully saturated rings. The van der Waals surface area contributed by atoms with Crippen LogP contribution in [0, 0.1) is 3.57 Å². The van der Waals surface area contributed by atoms with Crippen LogP contribution in [0.25, 0.3) is 6.08 Å². The molecule has 1 atom stereocenters. The Kier molecular flexibility index (Phi) is 10.2. The summed E-state index contributed by atoms with van der Waals surface area (Å²) in [5.74, 6) is -0.0843. The Bertz CT molecular complexity index is 1770. The minimum absolute atomic E-state index is 0.0888. The van der Waals surface area contributed by atoms with Crippen LogP contribution >= 0.6 is 33.9 Å². The van der Waals surface area contributed by atoms with Gasteiger partial charge in [-0.1, -0.05) is 17.4 Å². The molecule has 1 aliphatic heterocycles. The molecule has 0 amide bonds. The molecule has 0 bridgehead atoms. The number of fused-ring (bicyclic) bond motifs is 1. The predicted molar refractivity (Wildman–Crippen MR) is 168 cm³/mol. The van der Waals surface area contributed by atoms with Crippen molar-refractivity contribution < 1.29 is 38.4 Å². The van der Waals surface area contributed by atoms with Gasteiger partial charge in [0.2, 0.25) is 0 Å². The Hall–Kier alpha value is -3.85. The first-order chi connectivity index (χ1) is 20.5. The molecule has 4 rings (SSSR count). The Morgan fingerprint density at radius 2 is 1.86 bits per heavy atom. The number of aliphatic carboxylic acids is 1. The fourth-order valence-corrected chi connectivity index (χ4v) is 6.39. The number of benzene rings is 2. The van der Waals surface area contributed by atoms with Crippen LogP contribution in [0.4, 0.5) is 0 Å². The topological polar surface area (TPSA) is 135 Å². The van der Waals surface area contributed by atoms with Crippen molar-refractivity contribution in [3.63, 3.8) is 0 Å². The largest absolute Gasteiger partial charge is 0.493 e. The van der Waals surface area contributed by atoms with Gasteiger partial charge in [-0.2, -0.15) is 0 Å². The van der Waals surface area contributed by atoms with Gasteiger partial charge in [-0.05, 0) is 91.8 Å². The molecule has 2 heterocycles. The molecule has 1 aromatic heterocycles. The molecule has 0 unspecified atom stereocenters. The highest BCUT2D eigenvalue weighted by atomic mass is 127. The number of aromatic nitrogens is 1. The van der Waals surface area contributed by atoms with Gasteiger partial charge in [0.15, 0.2) is 34.4 Å². The van der Waals surface area contributed by atoms with Crippen LogP contribution in [0.3, 0.4) is 0 Å². The molecule has 0 saturated heterocycles. The number of nitrogens with zero attached hydrogens (tertiary/aromatic N) is 2. The Labute approximate surface area is 265 Å². The van der Waals surface area contributed by atoms with E-state index in [0.29, 0.717) is 47.0 Å². The average molecular weight is 723 g/mol. The number of esters is 1. The predicted octanol–water partition coefficient (Wildman–Crippen LogP) is 3.67. The summed E-state index contributed by atoms with van der Waals surface area (Å²) in [6.07, 6.45) is 1.60. The lowest BCUT2D eigenvalue weighted by Gasteiger charge is -2.25. The van der Waals surface area contributed by atoms with Gasteiger partial charge in [0, 0.05) is 0 Å². The minimum atomic E-state index is -1.12. The van der Waals surface area contributed by atoms with E-state index in [1.165, 1.54) is 30.1 Å². The zero-order valence-corrected chi connectivity index (χ0v) is 27.4. The van der Waals surface area contributed by atoms with Gasteiger partial charge in [-0.15, -0.1) is 0 Å². The number of rotatable bonds is 11. The lowest BCUT2D eigenvalue weighted by molar-refractivity contribution is -0.140. The quantitative estimate of drug-likeness (QED) is 0.233. The molecule has 1 N–H and O–H groups in total. The second-order valence-corrected chi connectivity index (χ2v) is 11.8. The average Bonchev–Trinajstić information content (AvgIpc) is 3.25. The normalized spacial score (nSPS) is 14.7. The standard InChI is InChI=1S/C30H31IN2O9S/c1-7-40-29(37)25-16(4)32-30-33(26(25)18-8-9-20(42-15(2)3)21(13-18)38-5)28(36)23(43-30)12-17-10-19(31)27(22(11-17)39-6)41-14-24(34)35/h8-13,15,26H,7,14H2,1-6H3,(H,34,35)/b23-12-/t26-/m1/s1. The van der Waals surface area contributed by atoms with Gasteiger partial charge in [-0.3, -0.25) is 9.36 Å².